The van der Waals surface area contributed by atoms with Crippen molar-refractivity contribution in [2.75, 3.05) is 0 Å². The van der Waals surface area contributed by atoms with Crippen LogP contribution in [0.4, 0.5) is 4.39 Å². The van der Waals surface area contributed by atoms with E-state index in [1.165, 1.54) is 17.4 Å². The minimum atomic E-state index is -0.356. The molecule has 0 unspecified atom stereocenters. The van der Waals surface area contributed by atoms with Gasteiger partial charge in [0.1, 0.15) is 10.8 Å². The zero-order valence-electron chi connectivity index (χ0n) is 11.1. The van der Waals surface area contributed by atoms with Crippen LogP contribution in [0.1, 0.15) is 31.3 Å². The quantitative estimate of drug-likeness (QED) is 0.894. The number of halogens is 2. The van der Waals surface area contributed by atoms with Crippen LogP contribution in [0.3, 0.4) is 0 Å². The molecule has 0 fully saturated rings. The van der Waals surface area contributed by atoms with Gasteiger partial charge < -0.3 is 5.73 Å². The number of benzene rings is 1. The summed E-state index contributed by atoms with van der Waals surface area (Å²) in [5.41, 5.74) is 7.06. The minimum Gasteiger partial charge on any atom is -0.326 e. The predicted octanol–water partition coefficient (Wildman–Crippen LogP) is 4.36. The van der Waals surface area contributed by atoms with Gasteiger partial charge in [0.2, 0.25) is 0 Å². The van der Waals surface area contributed by atoms with Gasteiger partial charge in [0.25, 0.3) is 0 Å². The van der Waals surface area contributed by atoms with E-state index in [4.69, 9.17) is 17.3 Å². The fourth-order valence-electron chi connectivity index (χ4n) is 1.85. The maximum absolute atomic E-state index is 13.9. The van der Waals surface area contributed by atoms with Gasteiger partial charge in [0.05, 0.1) is 5.69 Å². The van der Waals surface area contributed by atoms with E-state index < -0.39 is 0 Å². The Morgan fingerprint density at radius 1 is 1.37 bits per heavy atom. The number of hydrogen-bond acceptors (Lipinski definition) is 3. The van der Waals surface area contributed by atoms with E-state index in [0.29, 0.717) is 22.1 Å². The highest BCUT2D eigenvalue weighted by Gasteiger charge is 2.23. The van der Waals surface area contributed by atoms with E-state index in [1.54, 1.807) is 12.1 Å². The van der Waals surface area contributed by atoms with Crippen molar-refractivity contribution >= 4 is 22.9 Å². The summed E-state index contributed by atoms with van der Waals surface area (Å²) in [5, 5.41) is 1.03. The van der Waals surface area contributed by atoms with Crippen LogP contribution in [-0.4, -0.2) is 4.98 Å². The molecule has 0 spiro atoms. The average molecular weight is 299 g/mol. The Hall–Kier alpha value is -0.970. The van der Waals surface area contributed by atoms with Gasteiger partial charge in [-0.2, -0.15) is 0 Å². The SMILES string of the molecule is CC(C)(C)c1nc(-c2ccc(Cl)cc2F)sc1CN. The zero-order chi connectivity index (χ0) is 14.2. The highest BCUT2D eigenvalue weighted by atomic mass is 35.5. The van der Waals surface area contributed by atoms with Gasteiger partial charge in [-0.25, -0.2) is 9.37 Å². The van der Waals surface area contributed by atoms with Crippen molar-refractivity contribution in [3.63, 3.8) is 0 Å². The summed E-state index contributed by atoms with van der Waals surface area (Å²) < 4.78 is 13.9. The molecule has 2 nitrogen and oxygen atoms in total. The number of aromatic nitrogens is 1. The van der Waals surface area contributed by atoms with Crippen LogP contribution in [0.25, 0.3) is 10.6 Å². The molecule has 102 valence electrons. The molecule has 0 saturated heterocycles. The molecule has 0 aliphatic carbocycles. The van der Waals surface area contributed by atoms with Crippen molar-refractivity contribution in [1.82, 2.24) is 4.98 Å². The average Bonchev–Trinajstić information content (AvgIpc) is 2.72. The van der Waals surface area contributed by atoms with E-state index in [9.17, 15) is 4.39 Å². The molecule has 0 saturated carbocycles. The first-order valence-electron chi connectivity index (χ1n) is 5.98. The molecule has 2 N–H and O–H groups in total. The second-order valence-electron chi connectivity index (χ2n) is 5.37. The summed E-state index contributed by atoms with van der Waals surface area (Å²) in [6.07, 6.45) is 0. The Morgan fingerprint density at radius 3 is 2.53 bits per heavy atom. The summed E-state index contributed by atoms with van der Waals surface area (Å²) in [5.74, 6) is -0.356. The summed E-state index contributed by atoms with van der Waals surface area (Å²) in [7, 11) is 0. The van der Waals surface area contributed by atoms with Crippen molar-refractivity contribution < 1.29 is 4.39 Å². The molecule has 0 atom stereocenters. The first kappa shape index (κ1) is 14.4. The molecule has 1 aromatic carbocycles. The number of rotatable bonds is 2. The van der Waals surface area contributed by atoms with Crippen molar-refractivity contribution in [3.05, 3.63) is 39.6 Å². The van der Waals surface area contributed by atoms with Crippen molar-refractivity contribution in [3.8, 4) is 10.6 Å². The molecule has 0 bridgehead atoms. The molecule has 0 radical (unpaired) electrons. The standard InChI is InChI=1S/C14H16ClFN2S/c1-14(2,3)12-11(7-17)19-13(18-12)9-5-4-8(15)6-10(9)16/h4-6H,7,17H2,1-3H3. The Kier molecular flexibility index (Phi) is 3.95. The van der Waals surface area contributed by atoms with Crippen LogP contribution in [0.5, 0.6) is 0 Å². The number of thiazole rings is 1. The molecule has 19 heavy (non-hydrogen) atoms. The normalized spacial score (nSPS) is 11.9. The van der Waals surface area contributed by atoms with Crippen LogP contribution in [0, 0.1) is 5.82 Å². The van der Waals surface area contributed by atoms with E-state index in [-0.39, 0.29) is 11.2 Å². The molecule has 0 aliphatic rings. The Labute approximate surface area is 121 Å². The van der Waals surface area contributed by atoms with Gasteiger partial charge in [-0.1, -0.05) is 32.4 Å². The molecule has 2 rings (SSSR count). The van der Waals surface area contributed by atoms with Crippen molar-refractivity contribution in [1.29, 1.82) is 0 Å². The van der Waals surface area contributed by atoms with Gasteiger partial charge in [0, 0.05) is 27.4 Å². The second kappa shape index (κ2) is 5.19. The first-order chi connectivity index (χ1) is 8.82. The van der Waals surface area contributed by atoms with Crippen LogP contribution < -0.4 is 5.73 Å². The Morgan fingerprint density at radius 2 is 2.05 bits per heavy atom. The van der Waals surface area contributed by atoms with Gasteiger partial charge >= 0.3 is 0 Å². The number of nitrogens with zero attached hydrogens (tertiary/aromatic N) is 1. The van der Waals surface area contributed by atoms with Crippen LogP contribution in [0.2, 0.25) is 5.02 Å². The Bertz CT molecular complexity index is 602. The van der Waals surface area contributed by atoms with E-state index in [2.05, 4.69) is 25.8 Å². The third-order valence-corrected chi connectivity index (χ3v) is 4.10. The predicted molar refractivity (Wildman–Crippen MR) is 79.1 cm³/mol. The summed E-state index contributed by atoms with van der Waals surface area (Å²) in [6, 6.07) is 4.63. The molecule has 2 aromatic rings. The van der Waals surface area contributed by atoms with Crippen molar-refractivity contribution in [2.45, 2.75) is 32.7 Å². The van der Waals surface area contributed by atoms with Gasteiger partial charge in [-0.15, -0.1) is 11.3 Å². The monoisotopic (exact) mass is 298 g/mol. The molecule has 5 heteroatoms. The van der Waals surface area contributed by atoms with E-state index >= 15 is 0 Å². The molecule has 1 aromatic heterocycles. The third-order valence-electron chi connectivity index (χ3n) is 2.75. The van der Waals surface area contributed by atoms with Gasteiger partial charge in [-0.3, -0.25) is 0 Å². The molecule has 0 amide bonds. The van der Waals surface area contributed by atoms with Gasteiger partial charge in [0.15, 0.2) is 0 Å². The van der Waals surface area contributed by atoms with E-state index in [0.717, 1.165) is 10.6 Å². The topological polar surface area (TPSA) is 38.9 Å². The fourth-order valence-corrected chi connectivity index (χ4v) is 3.19. The fraction of sp³-hybridized carbons (Fsp3) is 0.357. The molecular weight excluding hydrogens is 283 g/mol. The summed E-state index contributed by atoms with van der Waals surface area (Å²) in [6.45, 7) is 6.63. The summed E-state index contributed by atoms with van der Waals surface area (Å²) in [4.78, 5) is 5.57. The lowest BCUT2D eigenvalue weighted by molar-refractivity contribution is 0.566. The summed E-state index contributed by atoms with van der Waals surface area (Å²) >= 11 is 7.20. The minimum absolute atomic E-state index is 0.105. The maximum atomic E-state index is 13.9. The zero-order valence-corrected chi connectivity index (χ0v) is 12.7. The lowest BCUT2D eigenvalue weighted by Gasteiger charge is -2.16. The van der Waals surface area contributed by atoms with E-state index in [1.807, 2.05) is 0 Å². The molecular formula is C14H16ClFN2S. The number of hydrogen-bond donors (Lipinski definition) is 1. The third kappa shape index (κ3) is 2.96. The largest absolute Gasteiger partial charge is 0.326 e. The number of nitrogens with two attached hydrogens (primary N) is 1. The first-order valence-corrected chi connectivity index (χ1v) is 7.18. The van der Waals surface area contributed by atoms with Crippen LogP contribution in [0.15, 0.2) is 18.2 Å². The maximum Gasteiger partial charge on any atom is 0.134 e. The second-order valence-corrected chi connectivity index (χ2v) is 6.89. The lowest BCUT2D eigenvalue weighted by Crippen LogP contribution is -2.15. The van der Waals surface area contributed by atoms with Crippen molar-refractivity contribution in [2.24, 2.45) is 5.73 Å². The lowest BCUT2D eigenvalue weighted by atomic mass is 9.91. The van der Waals surface area contributed by atoms with Crippen LogP contribution >= 0.6 is 22.9 Å². The van der Waals surface area contributed by atoms with Crippen LogP contribution in [-0.2, 0) is 12.0 Å². The highest BCUT2D eigenvalue weighted by molar-refractivity contribution is 7.15. The smallest absolute Gasteiger partial charge is 0.134 e. The molecule has 1 heterocycles. The highest BCUT2D eigenvalue weighted by Crippen LogP contribution is 2.35. The van der Waals surface area contributed by atoms with Gasteiger partial charge in [-0.05, 0) is 18.2 Å². The Balaban J connectivity index is 2.55. The molecule has 0 aliphatic heterocycles.